The van der Waals surface area contributed by atoms with Gasteiger partial charge in [0.05, 0.1) is 12.7 Å². The molecule has 0 bridgehead atoms. The van der Waals surface area contributed by atoms with E-state index >= 15 is 0 Å². The zero-order valence-corrected chi connectivity index (χ0v) is 15.3. The Morgan fingerprint density at radius 3 is 2.44 bits per heavy atom. The lowest BCUT2D eigenvalue weighted by Gasteiger charge is -2.41. The normalized spacial score (nSPS) is 18.1. The minimum Gasteiger partial charge on any atom is -0.465 e. The van der Waals surface area contributed by atoms with E-state index in [9.17, 15) is 14.0 Å². The van der Waals surface area contributed by atoms with Crippen LogP contribution in [0.25, 0.3) is 0 Å². The molecule has 1 unspecified atom stereocenters. The third-order valence-electron chi connectivity index (χ3n) is 3.98. The van der Waals surface area contributed by atoms with E-state index in [-0.39, 0.29) is 17.7 Å². The quantitative estimate of drug-likeness (QED) is 0.766. The maximum Gasteiger partial charge on any atom is 0.410 e. The van der Waals surface area contributed by atoms with Gasteiger partial charge in [-0.1, -0.05) is 0 Å². The van der Waals surface area contributed by atoms with Crippen molar-refractivity contribution >= 4 is 17.7 Å². The molecule has 0 N–H and O–H groups in total. The standard InChI is InChI=1S/C18H25FN2O4/c1-12-11-20(8-9-21(12)17(23)25-18(2,3)4)13-6-7-14(15(19)10-13)16(22)24-5/h6-7,10,12H,8-9,11H2,1-5H3. The molecule has 1 aliphatic heterocycles. The minimum atomic E-state index is -0.702. The van der Waals surface area contributed by atoms with Crippen LogP contribution in [0.2, 0.25) is 0 Å². The van der Waals surface area contributed by atoms with Gasteiger partial charge in [0.15, 0.2) is 0 Å². The monoisotopic (exact) mass is 352 g/mol. The summed E-state index contributed by atoms with van der Waals surface area (Å²) < 4.78 is 24.1. The van der Waals surface area contributed by atoms with E-state index in [1.807, 2.05) is 32.6 Å². The van der Waals surface area contributed by atoms with Gasteiger partial charge in [0.25, 0.3) is 0 Å². The molecular weight excluding hydrogens is 327 g/mol. The van der Waals surface area contributed by atoms with Gasteiger partial charge < -0.3 is 19.3 Å². The van der Waals surface area contributed by atoms with Crippen molar-refractivity contribution in [2.75, 3.05) is 31.6 Å². The van der Waals surface area contributed by atoms with Gasteiger partial charge in [0.1, 0.15) is 11.4 Å². The fourth-order valence-electron chi connectivity index (χ4n) is 2.76. The molecule has 1 aromatic carbocycles. The number of carbonyl (C=O) groups excluding carboxylic acids is 2. The summed E-state index contributed by atoms with van der Waals surface area (Å²) in [6.45, 7) is 9.01. The van der Waals surface area contributed by atoms with Gasteiger partial charge in [0.2, 0.25) is 0 Å². The summed E-state index contributed by atoms with van der Waals surface area (Å²) in [7, 11) is 1.22. The average molecular weight is 352 g/mol. The highest BCUT2D eigenvalue weighted by atomic mass is 19.1. The molecule has 1 saturated heterocycles. The molecule has 1 aromatic rings. The van der Waals surface area contributed by atoms with Crippen molar-refractivity contribution in [1.82, 2.24) is 4.90 Å². The third-order valence-corrected chi connectivity index (χ3v) is 3.98. The lowest BCUT2D eigenvalue weighted by Crippen LogP contribution is -2.55. The molecule has 1 heterocycles. The number of methoxy groups -OCH3 is 1. The molecule has 1 fully saturated rings. The largest absolute Gasteiger partial charge is 0.465 e. The first-order valence-corrected chi connectivity index (χ1v) is 8.25. The lowest BCUT2D eigenvalue weighted by molar-refractivity contribution is 0.0158. The number of hydrogen-bond donors (Lipinski definition) is 0. The van der Waals surface area contributed by atoms with Gasteiger partial charge in [0, 0.05) is 31.4 Å². The number of piperazine rings is 1. The zero-order chi connectivity index (χ0) is 18.8. The Labute approximate surface area is 147 Å². The number of anilines is 1. The van der Waals surface area contributed by atoms with E-state index < -0.39 is 17.4 Å². The van der Waals surface area contributed by atoms with Crippen molar-refractivity contribution in [3.8, 4) is 0 Å². The minimum absolute atomic E-state index is 0.0769. The molecule has 0 aliphatic carbocycles. The second-order valence-corrected chi connectivity index (χ2v) is 7.12. The Morgan fingerprint density at radius 2 is 1.92 bits per heavy atom. The number of halogens is 1. The van der Waals surface area contributed by atoms with Gasteiger partial charge in [-0.25, -0.2) is 14.0 Å². The Balaban J connectivity index is 2.07. The van der Waals surface area contributed by atoms with Crippen molar-refractivity contribution in [2.45, 2.75) is 39.3 Å². The van der Waals surface area contributed by atoms with Crippen molar-refractivity contribution in [1.29, 1.82) is 0 Å². The molecule has 7 heteroatoms. The molecule has 1 amide bonds. The van der Waals surface area contributed by atoms with Crippen molar-refractivity contribution in [3.63, 3.8) is 0 Å². The molecule has 2 rings (SSSR count). The van der Waals surface area contributed by atoms with Crippen LogP contribution in [0.4, 0.5) is 14.9 Å². The van der Waals surface area contributed by atoms with Gasteiger partial charge in [-0.3, -0.25) is 0 Å². The Kier molecular flexibility index (Phi) is 5.55. The first-order chi connectivity index (χ1) is 11.6. The topological polar surface area (TPSA) is 59.1 Å². The van der Waals surface area contributed by atoms with Crippen LogP contribution in [0.3, 0.4) is 0 Å². The fraction of sp³-hybridized carbons (Fsp3) is 0.556. The Hall–Kier alpha value is -2.31. The van der Waals surface area contributed by atoms with Crippen LogP contribution in [-0.4, -0.2) is 55.3 Å². The summed E-state index contributed by atoms with van der Waals surface area (Å²) in [6, 6.07) is 4.35. The van der Waals surface area contributed by atoms with Crippen LogP contribution < -0.4 is 4.90 Å². The lowest BCUT2D eigenvalue weighted by atomic mass is 10.1. The molecule has 0 radical (unpaired) electrons. The molecule has 25 heavy (non-hydrogen) atoms. The second-order valence-electron chi connectivity index (χ2n) is 7.12. The van der Waals surface area contributed by atoms with Gasteiger partial charge >= 0.3 is 12.1 Å². The number of amides is 1. The molecule has 1 aliphatic rings. The smallest absolute Gasteiger partial charge is 0.410 e. The Bertz CT molecular complexity index is 657. The fourth-order valence-corrected chi connectivity index (χ4v) is 2.76. The maximum atomic E-state index is 14.1. The van der Waals surface area contributed by atoms with Gasteiger partial charge in [-0.15, -0.1) is 0 Å². The van der Waals surface area contributed by atoms with Crippen LogP contribution in [0.1, 0.15) is 38.1 Å². The van der Waals surface area contributed by atoms with E-state index in [1.165, 1.54) is 19.2 Å². The molecule has 6 nitrogen and oxygen atoms in total. The highest BCUT2D eigenvalue weighted by Crippen LogP contribution is 2.23. The first kappa shape index (κ1) is 19.0. The van der Waals surface area contributed by atoms with E-state index in [2.05, 4.69) is 4.74 Å². The van der Waals surface area contributed by atoms with E-state index in [0.29, 0.717) is 25.3 Å². The number of hydrogen-bond acceptors (Lipinski definition) is 5. The number of carbonyl (C=O) groups is 2. The number of rotatable bonds is 2. The van der Waals surface area contributed by atoms with Gasteiger partial charge in [-0.05, 0) is 45.9 Å². The van der Waals surface area contributed by atoms with Crippen LogP contribution in [0.15, 0.2) is 18.2 Å². The van der Waals surface area contributed by atoms with E-state index in [0.717, 1.165) is 0 Å². The Morgan fingerprint density at radius 1 is 1.24 bits per heavy atom. The molecule has 0 aromatic heterocycles. The second kappa shape index (κ2) is 7.29. The summed E-state index contributed by atoms with van der Waals surface area (Å²) in [6.07, 6.45) is -0.341. The highest BCUT2D eigenvalue weighted by molar-refractivity contribution is 5.90. The number of esters is 1. The number of benzene rings is 1. The average Bonchev–Trinajstić information content (AvgIpc) is 2.52. The summed E-state index contributed by atoms with van der Waals surface area (Å²) in [5.41, 5.74) is 0.0355. The molecule has 138 valence electrons. The third kappa shape index (κ3) is 4.61. The SMILES string of the molecule is COC(=O)c1ccc(N2CCN(C(=O)OC(C)(C)C)C(C)C2)cc1F. The van der Waals surface area contributed by atoms with E-state index in [1.54, 1.807) is 11.0 Å². The van der Waals surface area contributed by atoms with Crippen LogP contribution in [-0.2, 0) is 9.47 Å². The van der Waals surface area contributed by atoms with Crippen molar-refractivity contribution < 1.29 is 23.5 Å². The van der Waals surface area contributed by atoms with Gasteiger partial charge in [-0.2, -0.15) is 0 Å². The van der Waals surface area contributed by atoms with Crippen LogP contribution in [0, 0.1) is 5.82 Å². The number of nitrogens with zero attached hydrogens (tertiary/aromatic N) is 2. The van der Waals surface area contributed by atoms with Crippen LogP contribution >= 0.6 is 0 Å². The predicted molar refractivity (Wildman–Crippen MR) is 92.4 cm³/mol. The van der Waals surface area contributed by atoms with E-state index in [4.69, 9.17) is 4.74 Å². The summed E-state index contributed by atoms with van der Waals surface area (Å²) in [4.78, 5) is 27.4. The van der Waals surface area contributed by atoms with Crippen molar-refractivity contribution in [3.05, 3.63) is 29.6 Å². The predicted octanol–water partition coefficient (Wildman–Crippen LogP) is 3.06. The molecule has 0 spiro atoms. The van der Waals surface area contributed by atoms with Crippen molar-refractivity contribution in [2.24, 2.45) is 0 Å². The first-order valence-electron chi connectivity index (χ1n) is 8.25. The molecule has 1 atom stereocenters. The summed E-state index contributed by atoms with van der Waals surface area (Å²) in [5.74, 6) is -1.32. The highest BCUT2D eigenvalue weighted by Gasteiger charge is 2.31. The number of ether oxygens (including phenoxy) is 2. The molecular formula is C18H25FN2O4. The summed E-state index contributed by atoms with van der Waals surface area (Å²) >= 11 is 0. The maximum absolute atomic E-state index is 14.1. The van der Waals surface area contributed by atoms with Crippen LogP contribution in [0.5, 0.6) is 0 Å². The summed E-state index contributed by atoms with van der Waals surface area (Å²) in [5, 5.41) is 0. The molecule has 0 saturated carbocycles. The zero-order valence-electron chi connectivity index (χ0n) is 15.3.